The van der Waals surface area contributed by atoms with Crippen LogP contribution in [0.3, 0.4) is 0 Å². The molecule has 0 spiro atoms. The molecule has 1 aromatic heterocycles. The third-order valence-corrected chi connectivity index (χ3v) is 3.31. The Hall–Kier alpha value is -2.63. The normalized spacial score (nSPS) is 10.5. The highest BCUT2D eigenvalue weighted by Crippen LogP contribution is 2.11. The molecular weight excluding hydrogens is 301 g/mol. The third kappa shape index (κ3) is 4.42. The fraction of sp³-hybridized carbons (Fsp3) is 0.294. The van der Waals surface area contributed by atoms with E-state index in [9.17, 15) is 19.1 Å². The summed E-state index contributed by atoms with van der Waals surface area (Å²) in [5.41, 5.74) is -0.198. The van der Waals surface area contributed by atoms with Crippen molar-refractivity contribution in [3.63, 3.8) is 0 Å². The molecule has 0 amide bonds. The first kappa shape index (κ1) is 16.7. The van der Waals surface area contributed by atoms with Crippen molar-refractivity contribution >= 4 is 5.97 Å². The zero-order valence-corrected chi connectivity index (χ0v) is 12.8. The van der Waals surface area contributed by atoms with Crippen LogP contribution in [0.15, 0.2) is 41.5 Å². The van der Waals surface area contributed by atoms with Gasteiger partial charge in [-0.2, -0.15) is 0 Å². The number of hydrogen-bond donors (Lipinski definition) is 1. The first-order valence-corrected chi connectivity index (χ1v) is 7.36. The van der Waals surface area contributed by atoms with E-state index in [1.54, 1.807) is 16.7 Å². The quantitative estimate of drug-likeness (QED) is 0.797. The number of pyridine rings is 1. The van der Waals surface area contributed by atoms with Crippen molar-refractivity contribution in [2.24, 2.45) is 0 Å². The van der Waals surface area contributed by atoms with Crippen LogP contribution in [-0.2, 0) is 6.54 Å². The Morgan fingerprint density at radius 1 is 1.26 bits per heavy atom. The Morgan fingerprint density at radius 2 is 1.96 bits per heavy atom. The van der Waals surface area contributed by atoms with E-state index in [4.69, 9.17) is 4.74 Å². The van der Waals surface area contributed by atoms with Gasteiger partial charge in [-0.05, 0) is 24.1 Å². The number of hydrogen-bond acceptors (Lipinski definition) is 3. The summed E-state index contributed by atoms with van der Waals surface area (Å²) in [6.07, 6.45) is 4.42. The summed E-state index contributed by atoms with van der Waals surface area (Å²) in [7, 11) is 0. The van der Waals surface area contributed by atoms with E-state index in [-0.39, 0.29) is 17.1 Å². The summed E-state index contributed by atoms with van der Waals surface area (Å²) < 4.78 is 19.9. The van der Waals surface area contributed by atoms with E-state index in [0.29, 0.717) is 13.2 Å². The molecule has 0 fully saturated rings. The Morgan fingerprint density at radius 3 is 2.57 bits per heavy atom. The summed E-state index contributed by atoms with van der Waals surface area (Å²) in [5.74, 6) is -1.63. The molecule has 6 heteroatoms. The van der Waals surface area contributed by atoms with Gasteiger partial charge in [0.25, 0.3) is 0 Å². The molecule has 0 aliphatic carbocycles. The van der Waals surface area contributed by atoms with E-state index in [0.717, 1.165) is 18.4 Å². The van der Waals surface area contributed by atoms with Gasteiger partial charge in [-0.15, -0.1) is 0 Å². The summed E-state index contributed by atoms with van der Waals surface area (Å²) >= 11 is 0. The molecule has 5 nitrogen and oxygen atoms in total. The molecule has 0 bridgehead atoms. The molecule has 0 aliphatic rings. The van der Waals surface area contributed by atoms with Crippen LogP contribution in [-0.4, -0.2) is 22.2 Å². The minimum absolute atomic E-state index is 0.0143. The number of rotatable bonds is 7. The number of carbonyl (C=O) groups is 1. The van der Waals surface area contributed by atoms with Crippen LogP contribution in [0.25, 0.3) is 0 Å². The maximum atomic E-state index is 12.9. The lowest BCUT2D eigenvalue weighted by Gasteiger charge is -2.12. The van der Waals surface area contributed by atoms with Gasteiger partial charge in [0.1, 0.15) is 11.4 Å². The molecule has 2 aromatic rings. The second-order valence-corrected chi connectivity index (χ2v) is 5.17. The molecule has 0 saturated heterocycles. The van der Waals surface area contributed by atoms with Crippen molar-refractivity contribution in [3.8, 4) is 5.75 Å². The minimum Gasteiger partial charge on any atom is -0.488 e. The van der Waals surface area contributed by atoms with Crippen molar-refractivity contribution in [2.75, 3.05) is 6.61 Å². The van der Waals surface area contributed by atoms with Gasteiger partial charge < -0.3 is 14.4 Å². The highest BCUT2D eigenvalue weighted by molar-refractivity contribution is 5.87. The second kappa shape index (κ2) is 7.58. The molecule has 1 heterocycles. The van der Waals surface area contributed by atoms with Crippen LogP contribution in [0.5, 0.6) is 5.75 Å². The lowest BCUT2D eigenvalue weighted by atomic mass is 10.2. The first-order chi connectivity index (χ1) is 11.0. The average Bonchev–Trinajstić information content (AvgIpc) is 2.52. The SMILES string of the molecule is CCCCOc1cn(Cc2ccc(F)cc2)cc(C(=O)O)c1=O. The average molecular weight is 319 g/mol. The Labute approximate surface area is 133 Å². The second-order valence-electron chi connectivity index (χ2n) is 5.17. The number of benzene rings is 1. The molecular formula is C17H18FNO4. The maximum Gasteiger partial charge on any atom is 0.341 e. The van der Waals surface area contributed by atoms with Gasteiger partial charge in [-0.1, -0.05) is 25.5 Å². The lowest BCUT2D eigenvalue weighted by molar-refractivity contribution is 0.0693. The minimum atomic E-state index is -1.30. The number of aromatic nitrogens is 1. The summed E-state index contributed by atoms with van der Waals surface area (Å²) in [6.45, 7) is 2.65. The predicted molar refractivity (Wildman–Crippen MR) is 83.6 cm³/mol. The van der Waals surface area contributed by atoms with E-state index >= 15 is 0 Å². The fourth-order valence-corrected chi connectivity index (χ4v) is 2.08. The van der Waals surface area contributed by atoms with Crippen LogP contribution in [0, 0.1) is 5.82 Å². The van der Waals surface area contributed by atoms with E-state index in [2.05, 4.69) is 0 Å². The van der Waals surface area contributed by atoms with Crippen molar-refractivity contribution < 1.29 is 19.0 Å². The van der Waals surface area contributed by atoms with Gasteiger partial charge in [0.2, 0.25) is 5.43 Å². The lowest BCUT2D eigenvalue weighted by Crippen LogP contribution is -2.20. The van der Waals surface area contributed by atoms with Gasteiger partial charge in [0.05, 0.1) is 12.8 Å². The fourth-order valence-electron chi connectivity index (χ4n) is 2.08. The number of ether oxygens (including phenoxy) is 1. The van der Waals surface area contributed by atoms with E-state index in [1.807, 2.05) is 6.92 Å². The predicted octanol–water partition coefficient (Wildman–Crippen LogP) is 2.91. The zero-order chi connectivity index (χ0) is 16.8. The smallest absolute Gasteiger partial charge is 0.341 e. The number of aromatic carboxylic acids is 1. The Bertz CT molecular complexity index is 737. The molecule has 1 aromatic carbocycles. The number of unbranched alkanes of at least 4 members (excludes halogenated alkanes) is 1. The van der Waals surface area contributed by atoms with Crippen LogP contribution < -0.4 is 10.2 Å². The maximum absolute atomic E-state index is 12.9. The molecule has 2 rings (SSSR count). The Kier molecular flexibility index (Phi) is 5.51. The van der Waals surface area contributed by atoms with Crippen molar-refractivity contribution in [1.82, 2.24) is 4.57 Å². The highest BCUT2D eigenvalue weighted by atomic mass is 19.1. The zero-order valence-electron chi connectivity index (χ0n) is 12.8. The standard InChI is InChI=1S/C17H18FNO4/c1-2-3-8-23-15-11-19(10-14(16(15)20)17(21)22)9-12-4-6-13(18)7-5-12/h4-7,10-11H,2-3,8-9H2,1H3,(H,21,22). The van der Waals surface area contributed by atoms with Crippen LogP contribution in [0.2, 0.25) is 0 Å². The number of carboxylic acids is 1. The van der Waals surface area contributed by atoms with Crippen LogP contribution >= 0.6 is 0 Å². The molecule has 1 N–H and O–H groups in total. The molecule has 0 saturated carbocycles. The molecule has 0 unspecified atom stereocenters. The Balaban J connectivity index is 2.32. The van der Waals surface area contributed by atoms with E-state index in [1.165, 1.54) is 24.5 Å². The van der Waals surface area contributed by atoms with Gasteiger partial charge in [-0.3, -0.25) is 4.79 Å². The molecule has 23 heavy (non-hydrogen) atoms. The largest absolute Gasteiger partial charge is 0.488 e. The number of halogens is 1. The number of nitrogens with zero attached hydrogens (tertiary/aromatic N) is 1. The highest BCUT2D eigenvalue weighted by Gasteiger charge is 2.15. The van der Waals surface area contributed by atoms with Crippen molar-refractivity contribution in [2.45, 2.75) is 26.3 Å². The molecule has 122 valence electrons. The van der Waals surface area contributed by atoms with E-state index < -0.39 is 11.4 Å². The van der Waals surface area contributed by atoms with Crippen molar-refractivity contribution in [1.29, 1.82) is 0 Å². The first-order valence-electron chi connectivity index (χ1n) is 7.36. The summed E-state index contributed by atoms with van der Waals surface area (Å²) in [5, 5.41) is 9.17. The monoisotopic (exact) mass is 319 g/mol. The van der Waals surface area contributed by atoms with Crippen LogP contribution in [0.4, 0.5) is 4.39 Å². The molecule has 0 atom stereocenters. The van der Waals surface area contributed by atoms with Crippen molar-refractivity contribution in [3.05, 3.63) is 63.8 Å². The molecule has 0 radical (unpaired) electrons. The van der Waals surface area contributed by atoms with Gasteiger partial charge in [-0.25, -0.2) is 9.18 Å². The summed E-state index contributed by atoms with van der Waals surface area (Å²) in [4.78, 5) is 23.3. The topological polar surface area (TPSA) is 68.5 Å². The number of carboxylic acid groups (broad SMARTS) is 1. The van der Waals surface area contributed by atoms with Gasteiger partial charge in [0.15, 0.2) is 5.75 Å². The molecule has 0 aliphatic heterocycles. The summed E-state index contributed by atoms with van der Waals surface area (Å²) in [6, 6.07) is 5.86. The van der Waals surface area contributed by atoms with Gasteiger partial charge >= 0.3 is 5.97 Å². The third-order valence-electron chi connectivity index (χ3n) is 3.31. The van der Waals surface area contributed by atoms with Gasteiger partial charge in [0, 0.05) is 12.7 Å². The van der Waals surface area contributed by atoms with Crippen LogP contribution in [0.1, 0.15) is 35.7 Å².